The van der Waals surface area contributed by atoms with Crippen LogP contribution in [0.5, 0.6) is 5.75 Å². The lowest BCUT2D eigenvalue weighted by molar-refractivity contribution is 0.306. The van der Waals surface area contributed by atoms with Crippen LogP contribution in [0.2, 0.25) is 5.02 Å². The van der Waals surface area contributed by atoms with E-state index < -0.39 is 0 Å². The molecule has 1 aromatic carbocycles. The molecule has 0 saturated carbocycles. The number of H-pyrrole nitrogens is 1. The first-order valence-corrected chi connectivity index (χ1v) is 11.1. The Morgan fingerprint density at radius 3 is 2.88 bits per heavy atom. The number of pyridine rings is 2. The van der Waals surface area contributed by atoms with Crippen molar-refractivity contribution in [1.29, 1.82) is 0 Å². The number of hydrogen-bond acceptors (Lipinski definition) is 6. The van der Waals surface area contributed by atoms with Gasteiger partial charge in [0, 0.05) is 65.1 Å². The van der Waals surface area contributed by atoms with Gasteiger partial charge in [-0.25, -0.2) is 9.97 Å². The van der Waals surface area contributed by atoms with Gasteiger partial charge in [0.25, 0.3) is 0 Å². The Kier molecular flexibility index (Phi) is 5.55. The van der Waals surface area contributed by atoms with Crippen molar-refractivity contribution in [3.05, 3.63) is 77.6 Å². The fourth-order valence-electron chi connectivity index (χ4n) is 3.55. The maximum Gasteiger partial charge on any atom is 0.170 e. The average Bonchev–Trinajstić information content (AvgIpc) is 3.44. The molecule has 0 spiro atoms. The van der Waals surface area contributed by atoms with Crippen molar-refractivity contribution in [3.8, 4) is 17.0 Å². The number of fused-ring (bicyclic) bond motifs is 1. The van der Waals surface area contributed by atoms with Crippen molar-refractivity contribution >= 4 is 34.3 Å². The minimum Gasteiger partial charge on any atom is -0.487 e. The average molecular weight is 463 g/mol. The van der Waals surface area contributed by atoms with Gasteiger partial charge in [-0.15, -0.1) is 0 Å². The highest BCUT2D eigenvalue weighted by Gasteiger charge is 2.15. The molecule has 160 valence electrons. The molecular formula is C23H19ClN6OS. The number of nitrogens with zero attached hydrogens (tertiary/aromatic N) is 5. The van der Waals surface area contributed by atoms with Gasteiger partial charge < -0.3 is 9.72 Å². The lowest BCUT2D eigenvalue weighted by atomic mass is 10.0. The Morgan fingerprint density at radius 1 is 1.19 bits per heavy atom. The molecule has 0 aliphatic rings. The molecule has 0 aliphatic heterocycles. The number of nitrogens with one attached hydrogen (secondary N) is 1. The zero-order valence-electron chi connectivity index (χ0n) is 17.4. The van der Waals surface area contributed by atoms with E-state index in [1.807, 2.05) is 36.9 Å². The molecule has 5 aromatic rings. The number of rotatable bonds is 6. The van der Waals surface area contributed by atoms with Gasteiger partial charge in [0.05, 0.1) is 10.7 Å². The highest BCUT2D eigenvalue weighted by atomic mass is 35.5. The lowest BCUT2D eigenvalue weighted by Gasteiger charge is -2.14. The van der Waals surface area contributed by atoms with Gasteiger partial charge >= 0.3 is 0 Å². The molecule has 0 unspecified atom stereocenters. The van der Waals surface area contributed by atoms with Crippen LogP contribution in [0.25, 0.3) is 22.2 Å². The molecule has 0 atom stereocenters. The zero-order valence-corrected chi connectivity index (χ0v) is 19.0. The van der Waals surface area contributed by atoms with Crippen LogP contribution in [0, 0.1) is 6.92 Å². The van der Waals surface area contributed by atoms with Gasteiger partial charge in [0.1, 0.15) is 17.9 Å². The summed E-state index contributed by atoms with van der Waals surface area (Å²) in [7, 11) is 1.93. The van der Waals surface area contributed by atoms with Crippen molar-refractivity contribution in [1.82, 2.24) is 29.7 Å². The van der Waals surface area contributed by atoms with Crippen molar-refractivity contribution in [2.75, 3.05) is 0 Å². The van der Waals surface area contributed by atoms with Crippen LogP contribution in [0.3, 0.4) is 0 Å². The SMILES string of the molecule is Cc1cc(-c2ccnn2C)c2cccc(OCc3c(Cl)cncc3Sc3ncc[nH]3)c2n1. The molecule has 0 aliphatic carbocycles. The van der Waals surface area contributed by atoms with Gasteiger partial charge in [-0.05, 0) is 36.9 Å². The normalized spacial score (nSPS) is 11.2. The summed E-state index contributed by atoms with van der Waals surface area (Å²) in [5.41, 5.74) is 4.63. The van der Waals surface area contributed by atoms with E-state index in [4.69, 9.17) is 21.3 Å². The molecule has 1 N–H and O–H groups in total. The first-order chi connectivity index (χ1) is 15.6. The predicted molar refractivity (Wildman–Crippen MR) is 125 cm³/mol. The monoisotopic (exact) mass is 462 g/mol. The summed E-state index contributed by atoms with van der Waals surface area (Å²) in [6.45, 7) is 2.26. The summed E-state index contributed by atoms with van der Waals surface area (Å²) in [6, 6.07) is 10.0. The van der Waals surface area contributed by atoms with Crippen LogP contribution >= 0.6 is 23.4 Å². The van der Waals surface area contributed by atoms with E-state index in [1.54, 1.807) is 31.0 Å². The fraction of sp³-hybridized carbons (Fsp3) is 0.130. The van der Waals surface area contributed by atoms with Gasteiger partial charge in [-0.2, -0.15) is 5.10 Å². The molecule has 0 saturated heterocycles. The number of benzene rings is 1. The molecular weight excluding hydrogens is 444 g/mol. The molecule has 5 rings (SSSR count). The largest absolute Gasteiger partial charge is 0.487 e. The number of para-hydroxylation sites is 1. The number of aromatic amines is 1. The molecule has 7 nitrogen and oxygen atoms in total. The maximum absolute atomic E-state index is 6.48. The Bertz CT molecular complexity index is 1400. The number of imidazole rings is 1. The summed E-state index contributed by atoms with van der Waals surface area (Å²) in [5.74, 6) is 0.691. The van der Waals surface area contributed by atoms with E-state index in [9.17, 15) is 0 Å². The third kappa shape index (κ3) is 3.94. The van der Waals surface area contributed by atoms with E-state index in [0.717, 1.165) is 43.5 Å². The second-order valence-corrected chi connectivity index (χ2v) is 8.62. The summed E-state index contributed by atoms with van der Waals surface area (Å²) in [4.78, 5) is 17.2. The van der Waals surface area contributed by atoms with Crippen LogP contribution in [0.15, 0.2) is 71.4 Å². The van der Waals surface area contributed by atoms with Crippen molar-refractivity contribution in [2.45, 2.75) is 23.6 Å². The van der Waals surface area contributed by atoms with Crippen molar-refractivity contribution < 1.29 is 4.74 Å². The van der Waals surface area contributed by atoms with E-state index in [0.29, 0.717) is 10.8 Å². The third-order valence-electron chi connectivity index (χ3n) is 5.04. The lowest BCUT2D eigenvalue weighted by Crippen LogP contribution is -2.02. The van der Waals surface area contributed by atoms with Crippen molar-refractivity contribution in [2.24, 2.45) is 7.05 Å². The molecule has 4 heterocycles. The number of aryl methyl sites for hydroxylation is 2. The quantitative estimate of drug-likeness (QED) is 0.361. The second kappa shape index (κ2) is 8.64. The standard InChI is InChI=1S/C23H19ClN6OS/c1-14-10-16(19-6-7-28-30(19)2)15-4-3-5-20(22(15)29-14)31-13-17-18(24)11-25-12-21(17)32-23-26-8-9-27-23/h3-12H,13H2,1-2H3,(H,26,27). The van der Waals surface area contributed by atoms with Crippen LogP contribution in [-0.2, 0) is 13.7 Å². The van der Waals surface area contributed by atoms with Gasteiger partial charge in [-0.3, -0.25) is 9.67 Å². The summed E-state index contributed by atoms with van der Waals surface area (Å²) in [5, 5.41) is 6.62. The van der Waals surface area contributed by atoms with E-state index in [1.165, 1.54) is 11.8 Å². The molecule has 9 heteroatoms. The zero-order chi connectivity index (χ0) is 22.1. The van der Waals surface area contributed by atoms with Gasteiger partial charge in [-0.1, -0.05) is 23.7 Å². The fourth-order valence-corrected chi connectivity index (χ4v) is 4.67. The van der Waals surface area contributed by atoms with Gasteiger partial charge in [0.15, 0.2) is 5.16 Å². The molecule has 0 fully saturated rings. The molecule has 0 bridgehead atoms. The molecule has 0 radical (unpaired) electrons. The molecule has 0 amide bonds. The van der Waals surface area contributed by atoms with E-state index >= 15 is 0 Å². The van der Waals surface area contributed by atoms with Crippen LogP contribution in [0.4, 0.5) is 0 Å². The number of halogens is 1. The van der Waals surface area contributed by atoms with Crippen molar-refractivity contribution in [3.63, 3.8) is 0 Å². The highest BCUT2D eigenvalue weighted by molar-refractivity contribution is 7.99. The summed E-state index contributed by atoms with van der Waals surface area (Å²) in [6.07, 6.45) is 8.67. The Hall–Kier alpha value is -3.36. The molecule has 4 aromatic heterocycles. The number of ether oxygens (including phenoxy) is 1. The Morgan fingerprint density at radius 2 is 2.09 bits per heavy atom. The summed E-state index contributed by atoms with van der Waals surface area (Å²) >= 11 is 7.94. The maximum atomic E-state index is 6.48. The van der Waals surface area contributed by atoms with Crippen LogP contribution < -0.4 is 4.74 Å². The second-order valence-electron chi connectivity index (χ2n) is 7.19. The van der Waals surface area contributed by atoms with E-state index in [-0.39, 0.29) is 6.61 Å². The third-order valence-corrected chi connectivity index (χ3v) is 6.36. The van der Waals surface area contributed by atoms with Gasteiger partial charge in [0.2, 0.25) is 0 Å². The minimum absolute atomic E-state index is 0.278. The van der Waals surface area contributed by atoms with E-state index in [2.05, 4.69) is 32.2 Å². The number of hydrogen-bond donors (Lipinski definition) is 1. The Labute approximate surface area is 193 Å². The first kappa shape index (κ1) is 20.5. The smallest absolute Gasteiger partial charge is 0.170 e. The summed E-state index contributed by atoms with van der Waals surface area (Å²) < 4.78 is 8.12. The first-order valence-electron chi connectivity index (χ1n) is 9.91. The Balaban J connectivity index is 1.51. The molecule has 32 heavy (non-hydrogen) atoms. The number of aromatic nitrogens is 6. The van der Waals surface area contributed by atoms with Crippen LogP contribution in [-0.4, -0.2) is 29.7 Å². The predicted octanol–water partition coefficient (Wildman–Crippen LogP) is 5.45. The van der Waals surface area contributed by atoms with Crippen LogP contribution in [0.1, 0.15) is 11.3 Å². The minimum atomic E-state index is 0.278. The highest BCUT2D eigenvalue weighted by Crippen LogP contribution is 2.35. The topological polar surface area (TPSA) is 81.5 Å².